The molecule has 0 spiro atoms. The predicted molar refractivity (Wildman–Crippen MR) is 115 cm³/mol. The Labute approximate surface area is 183 Å². The van der Waals surface area contributed by atoms with Crippen LogP contribution in [0.4, 0.5) is 0 Å². The summed E-state index contributed by atoms with van der Waals surface area (Å²) >= 11 is 0. The van der Waals surface area contributed by atoms with Crippen LogP contribution in [0.1, 0.15) is 18.2 Å². The van der Waals surface area contributed by atoms with Gasteiger partial charge in [0, 0.05) is 41.8 Å². The van der Waals surface area contributed by atoms with Crippen molar-refractivity contribution in [3.63, 3.8) is 0 Å². The Bertz CT molecular complexity index is 1080. The Balaban J connectivity index is 1.76. The third-order valence-electron chi connectivity index (χ3n) is 5.15. The fourth-order valence-electron chi connectivity index (χ4n) is 3.31. The first-order valence-corrected chi connectivity index (χ1v) is 10.1. The van der Waals surface area contributed by atoms with Crippen LogP contribution in [-0.4, -0.2) is 67.2 Å². The van der Waals surface area contributed by atoms with Gasteiger partial charge in [-0.3, -0.25) is 9.59 Å². The highest BCUT2D eigenvalue weighted by molar-refractivity contribution is 5.92. The zero-order valence-corrected chi connectivity index (χ0v) is 17.4. The first-order valence-electron chi connectivity index (χ1n) is 10.1. The number of aromatic amines is 2. The molecule has 170 valence electrons. The van der Waals surface area contributed by atoms with Crippen molar-refractivity contribution in [1.82, 2.24) is 25.6 Å². The summed E-state index contributed by atoms with van der Waals surface area (Å²) in [7, 11) is 0. The van der Waals surface area contributed by atoms with Crippen molar-refractivity contribution in [3.8, 4) is 0 Å². The Morgan fingerprint density at radius 3 is 2.47 bits per heavy atom. The molecule has 4 atom stereocenters. The van der Waals surface area contributed by atoms with Gasteiger partial charge in [0.25, 0.3) is 0 Å². The number of nitrogens with zero attached hydrogens (tertiary/aromatic N) is 1. The molecule has 0 aliphatic carbocycles. The number of amides is 2. The Morgan fingerprint density at radius 2 is 1.81 bits per heavy atom. The number of carbonyl (C=O) groups is 3. The summed E-state index contributed by atoms with van der Waals surface area (Å²) in [5.41, 5.74) is 7.81. The molecule has 2 aromatic heterocycles. The van der Waals surface area contributed by atoms with Gasteiger partial charge in [0.2, 0.25) is 11.8 Å². The molecule has 11 heteroatoms. The normalized spacial score (nSPS) is 15.0. The Morgan fingerprint density at radius 1 is 1.09 bits per heavy atom. The van der Waals surface area contributed by atoms with E-state index in [0.29, 0.717) is 5.69 Å². The first kappa shape index (κ1) is 23.0. The number of H-pyrrole nitrogens is 2. The van der Waals surface area contributed by atoms with E-state index >= 15 is 0 Å². The molecule has 0 bridgehead atoms. The molecule has 2 amide bonds. The lowest BCUT2D eigenvalue weighted by Gasteiger charge is -2.23. The van der Waals surface area contributed by atoms with Gasteiger partial charge in [-0.25, -0.2) is 9.78 Å². The summed E-state index contributed by atoms with van der Waals surface area (Å²) in [4.78, 5) is 47.0. The number of fused-ring (bicyclic) bond motifs is 1. The number of carboxylic acids is 1. The predicted octanol–water partition coefficient (Wildman–Crippen LogP) is -0.561. The number of rotatable bonds is 10. The smallest absolute Gasteiger partial charge is 0.326 e. The number of aliphatic hydroxyl groups excluding tert-OH is 1. The Hall–Kier alpha value is -3.70. The second kappa shape index (κ2) is 10.1. The van der Waals surface area contributed by atoms with Crippen molar-refractivity contribution < 1.29 is 24.6 Å². The topological polar surface area (TPSA) is 186 Å². The lowest BCUT2D eigenvalue weighted by atomic mass is 10.0. The summed E-state index contributed by atoms with van der Waals surface area (Å²) in [6, 6.07) is 3.84. The van der Waals surface area contributed by atoms with Crippen molar-refractivity contribution in [2.75, 3.05) is 0 Å². The molecule has 0 aliphatic heterocycles. The van der Waals surface area contributed by atoms with Crippen LogP contribution in [0.25, 0.3) is 10.9 Å². The quantitative estimate of drug-likeness (QED) is 0.219. The second-order valence-corrected chi connectivity index (χ2v) is 7.57. The summed E-state index contributed by atoms with van der Waals surface area (Å²) in [6.07, 6.45) is 3.57. The summed E-state index contributed by atoms with van der Waals surface area (Å²) in [5.74, 6) is -2.64. The van der Waals surface area contributed by atoms with E-state index in [1.54, 1.807) is 6.20 Å². The van der Waals surface area contributed by atoms with Crippen molar-refractivity contribution >= 4 is 28.7 Å². The molecule has 8 N–H and O–H groups in total. The number of aromatic nitrogens is 3. The highest BCUT2D eigenvalue weighted by Gasteiger charge is 2.30. The van der Waals surface area contributed by atoms with Gasteiger partial charge in [-0.15, -0.1) is 0 Å². The van der Waals surface area contributed by atoms with Crippen LogP contribution in [0.15, 0.2) is 43.0 Å². The maximum absolute atomic E-state index is 13.0. The van der Waals surface area contributed by atoms with Crippen molar-refractivity contribution in [2.45, 2.75) is 44.0 Å². The molecule has 3 rings (SSSR count). The van der Waals surface area contributed by atoms with Crippen LogP contribution < -0.4 is 16.4 Å². The fraction of sp³-hybridized carbons (Fsp3) is 0.333. The number of benzene rings is 1. The molecule has 0 radical (unpaired) electrons. The summed E-state index contributed by atoms with van der Waals surface area (Å²) < 4.78 is 0. The minimum Gasteiger partial charge on any atom is -0.480 e. The SMILES string of the molecule is CC(O)C(N)C(=O)NC(Cc1cnc[nH]1)C(=O)NC(Cc1c[nH]c2ccccc12)C(=O)O. The minimum atomic E-state index is -1.24. The summed E-state index contributed by atoms with van der Waals surface area (Å²) in [5, 5.41) is 25.1. The largest absolute Gasteiger partial charge is 0.480 e. The summed E-state index contributed by atoms with van der Waals surface area (Å²) in [6.45, 7) is 1.36. The number of hydrogen-bond donors (Lipinski definition) is 7. The third-order valence-corrected chi connectivity index (χ3v) is 5.15. The Kier molecular flexibility index (Phi) is 7.23. The van der Waals surface area contributed by atoms with E-state index in [0.717, 1.165) is 16.5 Å². The molecule has 32 heavy (non-hydrogen) atoms. The van der Waals surface area contributed by atoms with Crippen LogP contribution in [0, 0.1) is 0 Å². The van der Waals surface area contributed by atoms with Crippen LogP contribution >= 0.6 is 0 Å². The highest BCUT2D eigenvalue weighted by atomic mass is 16.4. The minimum absolute atomic E-state index is 0.0313. The zero-order chi connectivity index (χ0) is 23.3. The fourth-order valence-corrected chi connectivity index (χ4v) is 3.31. The number of aliphatic hydroxyl groups is 1. The monoisotopic (exact) mass is 442 g/mol. The maximum Gasteiger partial charge on any atom is 0.326 e. The molecule has 11 nitrogen and oxygen atoms in total. The zero-order valence-electron chi connectivity index (χ0n) is 17.4. The number of nitrogens with one attached hydrogen (secondary N) is 4. The third kappa shape index (κ3) is 5.50. The van der Waals surface area contributed by atoms with Gasteiger partial charge in [0.15, 0.2) is 0 Å². The van der Waals surface area contributed by atoms with E-state index in [2.05, 4.69) is 25.6 Å². The van der Waals surface area contributed by atoms with E-state index in [4.69, 9.17) is 5.73 Å². The van der Waals surface area contributed by atoms with Crippen molar-refractivity contribution in [2.24, 2.45) is 5.73 Å². The molecular formula is C21H26N6O5. The average Bonchev–Trinajstić information content (AvgIpc) is 3.42. The van der Waals surface area contributed by atoms with Gasteiger partial charge < -0.3 is 36.5 Å². The molecule has 2 heterocycles. The van der Waals surface area contributed by atoms with E-state index in [1.165, 1.54) is 19.4 Å². The number of nitrogens with two attached hydrogens (primary N) is 1. The van der Waals surface area contributed by atoms with Crippen molar-refractivity contribution in [3.05, 3.63) is 54.2 Å². The number of imidazole rings is 1. The van der Waals surface area contributed by atoms with E-state index in [-0.39, 0.29) is 12.8 Å². The first-order chi connectivity index (χ1) is 15.3. The molecule has 0 saturated heterocycles. The maximum atomic E-state index is 13.0. The number of hydrogen-bond acceptors (Lipinski definition) is 6. The number of aliphatic carboxylic acids is 1. The molecule has 1 aromatic carbocycles. The van der Waals surface area contributed by atoms with Gasteiger partial charge >= 0.3 is 5.97 Å². The van der Waals surface area contributed by atoms with Gasteiger partial charge in [-0.2, -0.15) is 0 Å². The average molecular weight is 442 g/mol. The molecule has 3 aromatic rings. The van der Waals surface area contributed by atoms with Crippen LogP contribution in [0.3, 0.4) is 0 Å². The van der Waals surface area contributed by atoms with Crippen LogP contribution in [0.5, 0.6) is 0 Å². The van der Waals surface area contributed by atoms with Gasteiger partial charge in [0.05, 0.1) is 12.4 Å². The number of carbonyl (C=O) groups excluding carboxylic acids is 2. The van der Waals surface area contributed by atoms with E-state index < -0.39 is 42.0 Å². The van der Waals surface area contributed by atoms with Crippen molar-refractivity contribution in [1.29, 1.82) is 0 Å². The molecule has 0 saturated carbocycles. The van der Waals surface area contributed by atoms with Crippen LogP contribution in [-0.2, 0) is 27.2 Å². The second-order valence-electron chi connectivity index (χ2n) is 7.57. The lowest BCUT2D eigenvalue weighted by molar-refractivity contribution is -0.142. The standard InChI is InChI=1S/C21H26N6O5/c1-11(28)18(22)20(30)26-16(7-13-9-23-10-25-13)19(29)27-17(21(31)32)6-12-8-24-15-5-3-2-4-14(12)15/h2-5,8-11,16-18,24,28H,6-7,22H2,1H3,(H,23,25)(H,26,30)(H,27,29)(H,31,32). The van der Waals surface area contributed by atoms with E-state index in [1.807, 2.05) is 24.3 Å². The van der Waals surface area contributed by atoms with Gasteiger partial charge in [0.1, 0.15) is 18.1 Å². The van der Waals surface area contributed by atoms with Crippen LogP contribution in [0.2, 0.25) is 0 Å². The van der Waals surface area contributed by atoms with Gasteiger partial charge in [-0.1, -0.05) is 18.2 Å². The lowest BCUT2D eigenvalue weighted by Crippen LogP contribution is -2.57. The number of para-hydroxylation sites is 1. The molecule has 0 aliphatic rings. The molecule has 4 unspecified atom stereocenters. The van der Waals surface area contributed by atoms with E-state index in [9.17, 15) is 24.6 Å². The van der Waals surface area contributed by atoms with Gasteiger partial charge in [-0.05, 0) is 18.6 Å². The molecule has 0 fully saturated rings. The highest BCUT2D eigenvalue weighted by Crippen LogP contribution is 2.19. The molecular weight excluding hydrogens is 416 g/mol. The number of carboxylic acid groups (broad SMARTS) is 1.